The third kappa shape index (κ3) is 2.68. The van der Waals surface area contributed by atoms with Crippen LogP contribution in [0, 0.1) is 17.2 Å². The van der Waals surface area contributed by atoms with Gasteiger partial charge >= 0.3 is 0 Å². The summed E-state index contributed by atoms with van der Waals surface area (Å²) in [5.74, 6) is 0.372. The lowest BCUT2D eigenvalue weighted by Gasteiger charge is -2.31. The second kappa shape index (κ2) is 4.91. The molecule has 1 fully saturated rings. The van der Waals surface area contributed by atoms with Crippen molar-refractivity contribution in [1.29, 1.82) is 5.26 Å². The Morgan fingerprint density at radius 2 is 1.83 bits per heavy atom. The molecule has 2 nitrogen and oxygen atoms in total. The lowest BCUT2D eigenvalue weighted by atomic mass is 9.90. The molecule has 0 saturated carbocycles. The summed E-state index contributed by atoms with van der Waals surface area (Å²) >= 11 is 5.91. The number of halogens is 1. The van der Waals surface area contributed by atoms with Crippen LogP contribution in [0.3, 0.4) is 0 Å². The average molecular weight is 263 g/mol. The maximum atomic E-state index is 9.33. The lowest BCUT2D eigenvalue weighted by molar-refractivity contribution is 0.170. The van der Waals surface area contributed by atoms with E-state index < -0.39 is 0 Å². The fourth-order valence-corrected chi connectivity index (χ4v) is 2.66. The van der Waals surface area contributed by atoms with Crippen molar-refractivity contribution in [2.75, 3.05) is 13.1 Å². The molecule has 3 heteroatoms. The number of nitrogens with zero attached hydrogens (tertiary/aromatic N) is 2. The molecule has 1 aliphatic heterocycles. The van der Waals surface area contributed by atoms with Gasteiger partial charge in [0.05, 0.1) is 12.0 Å². The van der Waals surface area contributed by atoms with Crippen molar-refractivity contribution >= 4 is 11.6 Å². The number of benzene rings is 1. The van der Waals surface area contributed by atoms with Crippen LogP contribution in [0.25, 0.3) is 0 Å². The van der Waals surface area contributed by atoms with Crippen LogP contribution in [-0.2, 0) is 0 Å². The zero-order valence-corrected chi connectivity index (χ0v) is 11.9. The van der Waals surface area contributed by atoms with E-state index in [0.29, 0.717) is 5.92 Å². The first-order valence-electron chi connectivity index (χ1n) is 6.32. The Bertz CT molecular complexity index is 453. The van der Waals surface area contributed by atoms with Gasteiger partial charge in [0.15, 0.2) is 0 Å². The van der Waals surface area contributed by atoms with Crippen molar-refractivity contribution < 1.29 is 0 Å². The van der Waals surface area contributed by atoms with E-state index in [2.05, 4.69) is 31.7 Å². The van der Waals surface area contributed by atoms with E-state index in [1.54, 1.807) is 0 Å². The first kappa shape index (κ1) is 13.4. The quantitative estimate of drug-likeness (QED) is 0.772. The van der Waals surface area contributed by atoms with E-state index in [-0.39, 0.29) is 11.5 Å². The molecule has 0 bridgehead atoms. The van der Waals surface area contributed by atoms with Crippen molar-refractivity contribution in [3.05, 3.63) is 34.9 Å². The molecule has 0 aromatic heterocycles. The van der Waals surface area contributed by atoms with Gasteiger partial charge in [0, 0.05) is 29.6 Å². The lowest BCUT2D eigenvalue weighted by Crippen LogP contribution is -2.39. The minimum Gasteiger partial charge on any atom is -0.297 e. The Morgan fingerprint density at radius 3 is 2.33 bits per heavy atom. The van der Waals surface area contributed by atoms with Gasteiger partial charge in [-0.25, -0.2) is 0 Å². The molecule has 1 aromatic carbocycles. The maximum absolute atomic E-state index is 9.33. The molecule has 0 N–H and O–H groups in total. The predicted octanol–water partition coefficient (Wildman–Crippen LogP) is 3.68. The highest BCUT2D eigenvalue weighted by Crippen LogP contribution is 2.36. The van der Waals surface area contributed by atoms with Crippen molar-refractivity contribution in [3.8, 4) is 6.07 Å². The molecule has 0 spiro atoms. The Morgan fingerprint density at radius 1 is 1.22 bits per heavy atom. The van der Waals surface area contributed by atoms with Crippen molar-refractivity contribution in [2.24, 2.45) is 5.92 Å². The summed E-state index contributed by atoms with van der Waals surface area (Å²) < 4.78 is 0. The summed E-state index contributed by atoms with van der Waals surface area (Å²) in [4.78, 5) is 2.39. The summed E-state index contributed by atoms with van der Waals surface area (Å²) in [7, 11) is 0. The van der Waals surface area contributed by atoms with Crippen LogP contribution in [0.1, 0.15) is 32.3 Å². The smallest absolute Gasteiger partial charge is 0.0676 e. The van der Waals surface area contributed by atoms with Gasteiger partial charge in [-0.1, -0.05) is 23.7 Å². The normalized spacial score (nSPS) is 25.1. The first-order chi connectivity index (χ1) is 8.41. The molecule has 2 rings (SSSR count). The van der Waals surface area contributed by atoms with Crippen LogP contribution >= 0.6 is 11.6 Å². The van der Waals surface area contributed by atoms with Gasteiger partial charge in [0.1, 0.15) is 0 Å². The topological polar surface area (TPSA) is 27.0 Å². The van der Waals surface area contributed by atoms with Gasteiger partial charge in [0.25, 0.3) is 0 Å². The van der Waals surface area contributed by atoms with E-state index in [9.17, 15) is 5.26 Å². The van der Waals surface area contributed by atoms with Gasteiger partial charge < -0.3 is 0 Å². The fourth-order valence-electron chi connectivity index (χ4n) is 2.53. The van der Waals surface area contributed by atoms with Crippen LogP contribution in [0.5, 0.6) is 0 Å². The minimum absolute atomic E-state index is 0.0744. The molecule has 2 atom stereocenters. The monoisotopic (exact) mass is 262 g/mol. The van der Waals surface area contributed by atoms with Gasteiger partial charge in [-0.15, -0.1) is 0 Å². The van der Waals surface area contributed by atoms with Gasteiger partial charge in [-0.2, -0.15) is 5.26 Å². The number of hydrogen-bond acceptors (Lipinski definition) is 2. The van der Waals surface area contributed by atoms with E-state index in [1.165, 1.54) is 5.56 Å². The van der Waals surface area contributed by atoms with Crippen molar-refractivity contribution in [2.45, 2.75) is 32.2 Å². The number of likely N-dealkylation sites (tertiary alicyclic amines) is 1. The highest BCUT2D eigenvalue weighted by Gasteiger charge is 2.38. The molecular formula is C15H19ClN2. The van der Waals surface area contributed by atoms with Crippen LogP contribution in [0.4, 0.5) is 0 Å². The van der Waals surface area contributed by atoms with Crippen LogP contribution in [-0.4, -0.2) is 23.5 Å². The molecule has 1 heterocycles. The van der Waals surface area contributed by atoms with Crippen molar-refractivity contribution in [3.63, 3.8) is 0 Å². The summed E-state index contributed by atoms with van der Waals surface area (Å²) in [5.41, 5.74) is 1.34. The van der Waals surface area contributed by atoms with Crippen molar-refractivity contribution in [1.82, 2.24) is 4.90 Å². The summed E-state index contributed by atoms with van der Waals surface area (Å²) in [5, 5.41) is 10.1. The van der Waals surface area contributed by atoms with E-state index in [0.717, 1.165) is 18.1 Å². The minimum atomic E-state index is 0.0744. The van der Waals surface area contributed by atoms with E-state index in [4.69, 9.17) is 11.6 Å². The molecule has 0 amide bonds. The Balaban J connectivity index is 2.23. The average Bonchev–Trinajstić information content (AvgIpc) is 2.73. The second-order valence-electron chi connectivity index (χ2n) is 5.97. The highest BCUT2D eigenvalue weighted by molar-refractivity contribution is 6.30. The third-order valence-electron chi connectivity index (χ3n) is 3.73. The zero-order chi connectivity index (χ0) is 13.3. The van der Waals surface area contributed by atoms with Crippen LogP contribution < -0.4 is 0 Å². The molecule has 1 aliphatic rings. The Hall–Kier alpha value is -1.04. The molecule has 1 aromatic rings. The fraction of sp³-hybridized carbons (Fsp3) is 0.533. The standard InChI is InChI=1S/C15H19ClN2/c1-15(2,3)18-9-12(8-17)14(10-18)11-4-6-13(16)7-5-11/h4-7,12,14H,9-10H2,1-3H3/t12-,14-/m1/s1. The third-order valence-corrected chi connectivity index (χ3v) is 3.98. The van der Waals surface area contributed by atoms with E-state index >= 15 is 0 Å². The maximum Gasteiger partial charge on any atom is 0.0676 e. The summed E-state index contributed by atoms with van der Waals surface area (Å²) in [6.07, 6.45) is 0. The highest BCUT2D eigenvalue weighted by atomic mass is 35.5. The second-order valence-corrected chi connectivity index (χ2v) is 6.41. The van der Waals surface area contributed by atoms with Gasteiger partial charge in [-0.05, 0) is 38.5 Å². The summed E-state index contributed by atoms with van der Waals surface area (Å²) in [6.45, 7) is 8.40. The van der Waals surface area contributed by atoms with Gasteiger partial charge in [-0.3, -0.25) is 4.90 Å². The predicted molar refractivity (Wildman–Crippen MR) is 74.6 cm³/mol. The van der Waals surface area contributed by atoms with Gasteiger partial charge in [0.2, 0.25) is 0 Å². The molecule has 18 heavy (non-hydrogen) atoms. The number of rotatable bonds is 1. The molecule has 0 unspecified atom stereocenters. The Kier molecular flexibility index (Phi) is 3.66. The van der Waals surface area contributed by atoms with Crippen LogP contribution in [0.2, 0.25) is 5.02 Å². The molecular weight excluding hydrogens is 244 g/mol. The summed E-state index contributed by atoms with van der Waals surface area (Å²) in [6, 6.07) is 10.4. The number of hydrogen-bond donors (Lipinski definition) is 0. The molecule has 96 valence electrons. The van der Waals surface area contributed by atoms with E-state index in [1.807, 2.05) is 24.3 Å². The largest absolute Gasteiger partial charge is 0.297 e. The van der Waals surface area contributed by atoms with Crippen LogP contribution in [0.15, 0.2) is 24.3 Å². The molecule has 1 saturated heterocycles. The molecule has 0 aliphatic carbocycles. The SMILES string of the molecule is CC(C)(C)N1C[C@@H](C#N)[C@@H](c2ccc(Cl)cc2)C1. The Labute approximate surface area is 114 Å². The molecule has 0 radical (unpaired) electrons. The zero-order valence-electron chi connectivity index (χ0n) is 11.2. The first-order valence-corrected chi connectivity index (χ1v) is 6.70. The number of nitriles is 1.